The number of rotatable bonds is 6. The van der Waals surface area contributed by atoms with Crippen molar-refractivity contribution in [3.05, 3.63) is 59.7 Å². The van der Waals surface area contributed by atoms with E-state index in [0.29, 0.717) is 6.54 Å². The largest absolute Gasteiger partial charge is 0.489 e. The van der Waals surface area contributed by atoms with E-state index >= 15 is 0 Å². The fraction of sp³-hybridized carbons (Fsp3) is 0.294. The smallest absolute Gasteiger partial charge is 0.263 e. The van der Waals surface area contributed by atoms with Crippen LogP contribution in [0.5, 0.6) is 5.75 Å². The van der Waals surface area contributed by atoms with Gasteiger partial charge in [0, 0.05) is 12.1 Å². The van der Waals surface area contributed by atoms with E-state index in [1.165, 1.54) is 12.1 Å². The molecule has 0 spiro atoms. The first-order valence-corrected chi connectivity index (χ1v) is 6.93. The van der Waals surface area contributed by atoms with Gasteiger partial charge in [-0.2, -0.15) is 0 Å². The molecule has 0 aliphatic carbocycles. The molecule has 0 saturated heterocycles. The van der Waals surface area contributed by atoms with Gasteiger partial charge in [0.05, 0.1) is 11.8 Å². The zero-order chi connectivity index (χ0) is 15.2. The molecule has 0 bridgehead atoms. The van der Waals surface area contributed by atoms with Crippen molar-refractivity contribution in [1.29, 1.82) is 0 Å². The molecule has 0 saturated carbocycles. The van der Waals surface area contributed by atoms with Crippen LogP contribution in [-0.4, -0.2) is 6.10 Å². The Kier molecular flexibility index (Phi) is 5.14. The van der Waals surface area contributed by atoms with Crippen LogP contribution in [0.15, 0.2) is 48.5 Å². The van der Waals surface area contributed by atoms with Gasteiger partial charge in [0.1, 0.15) is 5.75 Å². The van der Waals surface area contributed by atoms with Gasteiger partial charge in [0.15, 0.2) is 0 Å². The van der Waals surface area contributed by atoms with Gasteiger partial charge in [0.2, 0.25) is 0 Å². The minimum Gasteiger partial charge on any atom is -0.489 e. The Morgan fingerprint density at radius 1 is 1.00 bits per heavy atom. The third kappa shape index (κ3) is 4.45. The molecule has 0 aliphatic heterocycles. The number of hydrogen-bond donors (Lipinski definition) is 1. The van der Waals surface area contributed by atoms with E-state index in [9.17, 15) is 8.78 Å². The summed E-state index contributed by atoms with van der Waals surface area (Å²) >= 11 is 0. The van der Waals surface area contributed by atoms with E-state index in [0.717, 1.165) is 17.0 Å². The number of halogens is 2. The molecule has 0 fully saturated rings. The van der Waals surface area contributed by atoms with Crippen molar-refractivity contribution in [3.63, 3.8) is 0 Å². The van der Waals surface area contributed by atoms with Gasteiger partial charge in [-0.15, -0.1) is 0 Å². The molecule has 2 nitrogen and oxygen atoms in total. The zero-order valence-corrected chi connectivity index (χ0v) is 12.1. The second-order valence-corrected chi connectivity index (χ2v) is 5.06. The summed E-state index contributed by atoms with van der Waals surface area (Å²) in [6.45, 7) is 4.50. The number of nitrogens with one attached hydrogen (secondary N) is 1. The first kappa shape index (κ1) is 15.3. The van der Waals surface area contributed by atoms with Crippen molar-refractivity contribution in [3.8, 4) is 5.75 Å². The molecule has 0 amide bonds. The fourth-order valence-electron chi connectivity index (χ4n) is 1.95. The number of hydrogen-bond acceptors (Lipinski definition) is 2. The van der Waals surface area contributed by atoms with Gasteiger partial charge < -0.3 is 10.1 Å². The van der Waals surface area contributed by atoms with Crippen LogP contribution in [0, 0.1) is 0 Å². The first-order valence-electron chi connectivity index (χ1n) is 6.93. The average molecular weight is 291 g/mol. The Morgan fingerprint density at radius 2 is 1.67 bits per heavy atom. The van der Waals surface area contributed by atoms with E-state index in [-0.39, 0.29) is 11.7 Å². The highest BCUT2D eigenvalue weighted by atomic mass is 19.3. The highest BCUT2D eigenvalue weighted by molar-refractivity contribution is 5.56. The molecule has 1 N–H and O–H groups in total. The van der Waals surface area contributed by atoms with Gasteiger partial charge in [-0.3, -0.25) is 0 Å². The maximum atomic E-state index is 12.5. The minimum atomic E-state index is -2.42. The minimum absolute atomic E-state index is 0.0438. The van der Waals surface area contributed by atoms with Gasteiger partial charge in [-0.1, -0.05) is 36.4 Å². The molecule has 0 aliphatic rings. The zero-order valence-electron chi connectivity index (χ0n) is 12.1. The predicted octanol–water partition coefficient (Wildman–Crippen LogP) is 5.02. The summed E-state index contributed by atoms with van der Waals surface area (Å²) in [6.07, 6.45) is -2.33. The predicted molar refractivity (Wildman–Crippen MR) is 80.9 cm³/mol. The Labute approximate surface area is 123 Å². The highest BCUT2D eigenvalue weighted by Gasteiger charge is 2.07. The van der Waals surface area contributed by atoms with Crippen LogP contribution in [0.25, 0.3) is 0 Å². The van der Waals surface area contributed by atoms with E-state index in [1.54, 1.807) is 12.1 Å². The SMILES string of the molecule is CC(C)Oc1ccccc1NCc1ccc(C(F)F)cc1. The van der Waals surface area contributed by atoms with Gasteiger partial charge >= 0.3 is 0 Å². The van der Waals surface area contributed by atoms with Gasteiger partial charge in [-0.25, -0.2) is 8.78 Å². The van der Waals surface area contributed by atoms with Crippen LogP contribution < -0.4 is 10.1 Å². The summed E-state index contributed by atoms with van der Waals surface area (Å²) in [5, 5.41) is 3.27. The van der Waals surface area contributed by atoms with Crippen molar-refractivity contribution >= 4 is 5.69 Å². The molecule has 0 radical (unpaired) electrons. The third-order valence-corrected chi connectivity index (χ3v) is 2.96. The van der Waals surface area contributed by atoms with Crippen molar-refractivity contribution in [2.24, 2.45) is 0 Å². The van der Waals surface area contributed by atoms with E-state index in [2.05, 4.69) is 5.32 Å². The number of alkyl halides is 2. The Morgan fingerprint density at radius 3 is 2.29 bits per heavy atom. The summed E-state index contributed by atoms with van der Waals surface area (Å²) in [5.74, 6) is 0.789. The quantitative estimate of drug-likeness (QED) is 0.806. The number of ether oxygens (including phenoxy) is 1. The Bertz CT molecular complexity index is 567. The van der Waals surface area contributed by atoms with Crippen LogP contribution >= 0.6 is 0 Å². The average Bonchev–Trinajstić information content (AvgIpc) is 2.46. The maximum Gasteiger partial charge on any atom is 0.263 e. The van der Waals surface area contributed by atoms with E-state index in [4.69, 9.17) is 4.74 Å². The Balaban J connectivity index is 2.02. The van der Waals surface area contributed by atoms with Crippen molar-refractivity contribution in [1.82, 2.24) is 0 Å². The molecular formula is C17H19F2NO. The van der Waals surface area contributed by atoms with Gasteiger partial charge in [0.25, 0.3) is 6.43 Å². The molecular weight excluding hydrogens is 272 g/mol. The molecule has 2 rings (SSSR count). The molecule has 112 valence electrons. The van der Waals surface area contributed by atoms with Crippen LogP contribution in [0.4, 0.5) is 14.5 Å². The standard InChI is InChI=1S/C17H19F2NO/c1-12(2)21-16-6-4-3-5-15(16)20-11-13-7-9-14(10-8-13)17(18)19/h3-10,12,17,20H,11H2,1-2H3. The van der Waals surface area contributed by atoms with Gasteiger partial charge in [-0.05, 0) is 31.5 Å². The van der Waals surface area contributed by atoms with Crippen molar-refractivity contribution < 1.29 is 13.5 Å². The lowest BCUT2D eigenvalue weighted by atomic mass is 10.1. The topological polar surface area (TPSA) is 21.3 Å². The van der Waals surface area contributed by atoms with E-state index in [1.807, 2.05) is 38.1 Å². The third-order valence-electron chi connectivity index (χ3n) is 2.96. The van der Waals surface area contributed by atoms with Crippen molar-refractivity contribution in [2.75, 3.05) is 5.32 Å². The summed E-state index contributed by atoms with van der Waals surface area (Å²) in [7, 11) is 0. The van der Waals surface area contributed by atoms with Crippen LogP contribution in [-0.2, 0) is 6.54 Å². The molecule has 2 aromatic rings. The lowest BCUT2D eigenvalue weighted by molar-refractivity contribution is 0.151. The summed E-state index contributed by atoms with van der Waals surface area (Å²) < 4.78 is 30.7. The van der Waals surface area contributed by atoms with Crippen LogP contribution in [0.3, 0.4) is 0 Å². The molecule has 4 heteroatoms. The van der Waals surface area contributed by atoms with Crippen LogP contribution in [0.1, 0.15) is 31.4 Å². The lowest BCUT2D eigenvalue weighted by Gasteiger charge is -2.15. The second kappa shape index (κ2) is 7.07. The number of anilines is 1. The van der Waals surface area contributed by atoms with Crippen molar-refractivity contribution in [2.45, 2.75) is 32.9 Å². The highest BCUT2D eigenvalue weighted by Crippen LogP contribution is 2.25. The molecule has 0 atom stereocenters. The summed E-state index contributed by atoms with van der Waals surface area (Å²) in [5.41, 5.74) is 1.88. The molecule has 21 heavy (non-hydrogen) atoms. The Hall–Kier alpha value is -2.10. The summed E-state index contributed by atoms with van der Waals surface area (Å²) in [6, 6.07) is 14.0. The summed E-state index contributed by atoms with van der Waals surface area (Å²) in [4.78, 5) is 0. The maximum absolute atomic E-state index is 12.5. The molecule has 0 aromatic heterocycles. The second-order valence-electron chi connectivity index (χ2n) is 5.06. The first-order chi connectivity index (χ1) is 10.1. The monoisotopic (exact) mass is 291 g/mol. The molecule has 0 heterocycles. The number of benzene rings is 2. The fourth-order valence-corrected chi connectivity index (χ4v) is 1.95. The lowest BCUT2D eigenvalue weighted by Crippen LogP contribution is -2.08. The van der Waals surface area contributed by atoms with E-state index < -0.39 is 6.43 Å². The van der Waals surface area contributed by atoms with Crippen LogP contribution in [0.2, 0.25) is 0 Å². The number of para-hydroxylation sites is 2. The molecule has 2 aromatic carbocycles. The molecule has 0 unspecified atom stereocenters. The normalized spacial score (nSPS) is 11.0.